The molecule has 0 fully saturated rings. The molecule has 1 aromatic rings. The fraction of sp³-hybridized carbons (Fsp3) is 0.778. The summed E-state index contributed by atoms with van der Waals surface area (Å²) in [5, 5.41) is 0. The summed E-state index contributed by atoms with van der Waals surface area (Å²) in [6.45, 7) is 3.06. The van der Waals surface area contributed by atoms with Gasteiger partial charge in [-0.2, -0.15) is 0 Å². The maximum atomic E-state index is 5.47. The van der Waals surface area contributed by atoms with Gasteiger partial charge < -0.3 is 9.15 Å². The van der Waals surface area contributed by atoms with Crippen LogP contribution in [0.25, 0.3) is 0 Å². The van der Waals surface area contributed by atoms with Crippen LogP contribution in [0.3, 0.4) is 0 Å². The molecule has 2 nitrogen and oxygen atoms in total. The zero-order valence-corrected chi connectivity index (χ0v) is 13.2. The molecule has 0 saturated heterocycles. The molecule has 0 radical (unpaired) electrons. The van der Waals surface area contributed by atoms with E-state index in [-0.39, 0.29) is 0 Å². The molecule has 0 amide bonds. The number of unbranched alkanes of at least 4 members (excludes halogenated alkanes) is 11. The Morgan fingerprint density at radius 2 is 1.35 bits per heavy atom. The van der Waals surface area contributed by atoms with Gasteiger partial charge in [-0.15, -0.1) is 0 Å². The van der Waals surface area contributed by atoms with Crippen LogP contribution in [-0.4, -0.2) is 6.61 Å². The Bertz CT molecular complexity index is 280. The lowest BCUT2D eigenvalue weighted by Gasteiger charge is -2.03. The molecular weight excluding hydrogens is 248 g/mol. The van der Waals surface area contributed by atoms with Crippen molar-refractivity contribution in [1.29, 1.82) is 0 Å². The number of hydrogen-bond acceptors (Lipinski definition) is 2. The summed E-state index contributed by atoms with van der Waals surface area (Å²) in [5.41, 5.74) is 0. The standard InChI is InChI=1S/C18H32O2/c1-2-3-4-5-6-7-8-9-10-11-12-13-16-19-18-15-14-17-20-18/h14-15,17H,2-13,16H2,1H3. The summed E-state index contributed by atoms with van der Waals surface area (Å²) < 4.78 is 10.6. The van der Waals surface area contributed by atoms with Gasteiger partial charge in [0, 0.05) is 6.07 Å². The van der Waals surface area contributed by atoms with Crippen molar-refractivity contribution in [3.8, 4) is 5.95 Å². The highest BCUT2D eigenvalue weighted by Crippen LogP contribution is 2.13. The molecule has 1 heterocycles. The summed E-state index contributed by atoms with van der Waals surface area (Å²) in [5.74, 6) is 0.646. The third-order valence-corrected chi connectivity index (χ3v) is 3.74. The van der Waals surface area contributed by atoms with Crippen LogP contribution >= 0.6 is 0 Å². The summed E-state index contributed by atoms with van der Waals surface area (Å²) in [6, 6.07) is 3.72. The molecule has 0 atom stereocenters. The average Bonchev–Trinajstić information content (AvgIpc) is 2.97. The predicted molar refractivity (Wildman–Crippen MR) is 85.3 cm³/mol. The number of furan rings is 1. The van der Waals surface area contributed by atoms with Gasteiger partial charge in [-0.25, -0.2) is 0 Å². The first-order valence-electron chi connectivity index (χ1n) is 8.60. The van der Waals surface area contributed by atoms with E-state index in [2.05, 4.69) is 6.92 Å². The first kappa shape index (κ1) is 17.1. The molecule has 1 aromatic heterocycles. The summed E-state index contributed by atoms with van der Waals surface area (Å²) in [4.78, 5) is 0. The van der Waals surface area contributed by atoms with Crippen molar-refractivity contribution in [2.45, 2.75) is 84.0 Å². The minimum atomic E-state index is 0.646. The van der Waals surface area contributed by atoms with E-state index in [9.17, 15) is 0 Å². The molecule has 0 aromatic carbocycles. The van der Waals surface area contributed by atoms with Crippen LogP contribution in [0.2, 0.25) is 0 Å². The Kier molecular flexibility index (Phi) is 11.2. The molecular formula is C18H32O2. The lowest BCUT2D eigenvalue weighted by atomic mass is 10.1. The smallest absolute Gasteiger partial charge is 0.284 e. The summed E-state index contributed by atoms with van der Waals surface area (Å²) >= 11 is 0. The molecule has 0 unspecified atom stereocenters. The summed E-state index contributed by atoms with van der Waals surface area (Å²) in [6.07, 6.45) is 18.2. The van der Waals surface area contributed by atoms with E-state index in [0.29, 0.717) is 5.95 Å². The van der Waals surface area contributed by atoms with Crippen LogP contribution in [-0.2, 0) is 0 Å². The third kappa shape index (κ3) is 9.94. The molecule has 0 aliphatic heterocycles. The van der Waals surface area contributed by atoms with Crippen molar-refractivity contribution in [2.75, 3.05) is 6.61 Å². The first-order chi connectivity index (χ1) is 9.93. The van der Waals surface area contributed by atoms with Gasteiger partial charge in [0.2, 0.25) is 0 Å². The highest BCUT2D eigenvalue weighted by Gasteiger charge is 1.96. The van der Waals surface area contributed by atoms with Gasteiger partial charge in [0.25, 0.3) is 5.95 Å². The monoisotopic (exact) mass is 280 g/mol. The van der Waals surface area contributed by atoms with E-state index >= 15 is 0 Å². The highest BCUT2D eigenvalue weighted by molar-refractivity contribution is 5.03. The SMILES string of the molecule is CCCCCCCCCCCCCCOc1ccco1. The molecule has 1 rings (SSSR count). The van der Waals surface area contributed by atoms with Gasteiger partial charge in [-0.1, -0.05) is 77.6 Å². The molecule has 0 spiro atoms. The topological polar surface area (TPSA) is 22.4 Å². The van der Waals surface area contributed by atoms with Gasteiger partial charge in [-0.3, -0.25) is 0 Å². The average molecular weight is 280 g/mol. The molecule has 116 valence electrons. The molecule has 0 N–H and O–H groups in total. The first-order valence-corrected chi connectivity index (χ1v) is 8.60. The Hall–Kier alpha value is -0.920. The van der Waals surface area contributed by atoms with E-state index in [1.54, 1.807) is 6.26 Å². The van der Waals surface area contributed by atoms with Gasteiger partial charge in [0.05, 0.1) is 12.9 Å². The minimum absolute atomic E-state index is 0.646. The Labute approximate surface area is 124 Å². The van der Waals surface area contributed by atoms with Gasteiger partial charge in [0.1, 0.15) is 0 Å². The van der Waals surface area contributed by atoms with Crippen molar-refractivity contribution < 1.29 is 9.15 Å². The normalized spacial score (nSPS) is 10.8. The molecule has 0 aliphatic carbocycles. The fourth-order valence-electron chi connectivity index (χ4n) is 2.46. The highest BCUT2D eigenvalue weighted by atomic mass is 16.6. The maximum Gasteiger partial charge on any atom is 0.284 e. The van der Waals surface area contributed by atoms with E-state index in [4.69, 9.17) is 9.15 Å². The van der Waals surface area contributed by atoms with E-state index in [1.807, 2.05) is 12.1 Å². The lowest BCUT2D eigenvalue weighted by Crippen LogP contribution is -1.95. The van der Waals surface area contributed by atoms with Crippen LogP contribution in [0.1, 0.15) is 84.0 Å². The second-order valence-electron chi connectivity index (χ2n) is 5.67. The van der Waals surface area contributed by atoms with E-state index in [1.165, 1.54) is 70.6 Å². The molecule has 0 aliphatic rings. The predicted octanol–water partition coefficient (Wildman–Crippen LogP) is 6.36. The second-order valence-corrected chi connectivity index (χ2v) is 5.67. The largest absolute Gasteiger partial charge is 0.465 e. The quantitative estimate of drug-likeness (QED) is 0.370. The van der Waals surface area contributed by atoms with Crippen LogP contribution in [0.15, 0.2) is 22.8 Å². The molecule has 0 bridgehead atoms. The number of rotatable bonds is 14. The van der Waals surface area contributed by atoms with Crippen LogP contribution in [0.4, 0.5) is 0 Å². The molecule has 2 heteroatoms. The van der Waals surface area contributed by atoms with Crippen molar-refractivity contribution in [2.24, 2.45) is 0 Å². The maximum absolute atomic E-state index is 5.47. The summed E-state index contributed by atoms with van der Waals surface area (Å²) in [7, 11) is 0. The zero-order valence-electron chi connectivity index (χ0n) is 13.2. The minimum Gasteiger partial charge on any atom is -0.465 e. The van der Waals surface area contributed by atoms with E-state index < -0.39 is 0 Å². The van der Waals surface area contributed by atoms with Crippen LogP contribution in [0, 0.1) is 0 Å². The number of ether oxygens (including phenoxy) is 1. The van der Waals surface area contributed by atoms with Crippen molar-refractivity contribution in [1.82, 2.24) is 0 Å². The lowest BCUT2D eigenvalue weighted by molar-refractivity contribution is 0.236. The van der Waals surface area contributed by atoms with Crippen molar-refractivity contribution in [3.63, 3.8) is 0 Å². The van der Waals surface area contributed by atoms with Crippen molar-refractivity contribution in [3.05, 3.63) is 18.4 Å². The molecule has 20 heavy (non-hydrogen) atoms. The second kappa shape index (κ2) is 13.1. The van der Waals surface area contributed by atoms with Crippen LogP contribution in [0.5, 0.6) is 5.95 Å². The van der Waals surface area contributed by atoms with Gasteiger partial charge in [0.15, 0.2) is 0 Å². The Morgan fingerprint density at radius 1 is 0.800 bits per heavy atom. The van der Waals surface area contributed by atoms with Gasteiger partial charge >= 0.3 is 0 Å². The molecule has 0 saturated carbocycles. The van der Waals surface area contributed by atoms with Crippen LogP contribution < -0.4 is 4.74 Å². The van der Waals surface area contributed by atoms with E-state index in [0.717, 1.165) is 13.0 Å². The Morgan fingerprint density at radius 3 is 1.85 bits per heavy atom. The zero-order chi connectivity index (χ0) is 14.3. The third-order valence-electron chi connectivity index (χ3n) is 3.74. The number of hydrogen-bond donors (Lipinski definition) is 0. The van der Waals surface area contributed by atoms with Crippen molar-refractivity contribution >= 4 is 0 Å². The Balaban J connectivity index is 1.70. The van der Waals surface area contributed by atoms with Gasteiger partial charge in [-0.05, 0) is 12.5 Å². The fourth-order valence-corrected chi connectivity index (χ4v) is 2.46.